The molecule has 0 saturated heterocycles. The molecule has 0 aliphatic carbocycles. The summed E-state index contributed by atoms with van der Waals surface area (Å²) in [7, 11) is 1.43. The van der Waals surface area contributed by atoms with Crippen LogP contribution in [0.25, 0.3) is 0 Å². The molecule has 3 aromatic rings. The Hall–Kier alpha value is -3.74. The molecule has 0 radical (unpaired) electrons. The molecule has 1 N–H and O–H groups in total. The van der Waals surface area contributed by atoms with Gasteiger partial charge in [-0.3, -0.25) is 24.0 Å². The van der Waals surface area contributed by atoms with E-state index in [0.29, 0.717) is 24.2 Å². The van der Waals surface area contributed by atoms with Crippen LogP contribution in [0.5, 0.6) is 0 Å². The van der Waals surface area contributed by atoms with E-state index in [1.54, 1.807) is 6.07 Å². The van der Waals surface area contributed by atoms with Gasteiger partial charge in [0.05, 0.1) is 23.4 Å². The van der Waals surface area contributed by atoms with E-state index in [1.807, 2.05) is 36.7 Å². The summed E-state index contributed by atoms with van der Waals surface area (Å²) in [5.74, 6) is -1.04. The van der Waals surface area contributed by atoms with E-state index in [4.69, 9.17) is 0 Å². The lowest BCUT2D eigenvalue weighted by atomic mass is 10.1. The summed E-state index contributed by atoms with van der Waals surface area (Å²) in [6.45, 7) is 4.90. The zero-order valence-corrected chi connectivity index (χ0v) is 17.1. The number of aryl methyl sites for hydroxylation is 1. The lowest BCUT2D eigenvalue weighted by Crippen LogP contribution is -2.24. The first-order chi connectivity index (χ1) is 14.4. The lowest BCUT2D eigenvalue weighted by Gasteiger charge is -2.08. The summed E-state index contributed by atoms with van der Waals surface area (Å²) in [4.78, 5) is 37.9. The van der Waals surface area contributed by atoms with Crippen LogP contribution in [0, 0.1) is 13.8 Å². The van der Waals surface area contributed by atoms with Crippen LogP contribution in [-0.4, -0.2) is 39.4 Å². The highest BCUT2D eigenvalue weighted by molar-refractivity contribution is 6.21. The average Bonchev–Trinajstić information content (AvgIpc) is 3.14. The van der Waals surface area contributed by atoms with Gasteiger partial charge in [-0.05, 0) is 37.6 Å². The van der Waals surface area contributed by atoms with E-state index >= 15 is 0 Å². The Kier molecular flexibility index (Phi) is 4.95. The van der Waals surface area contributed by atoms with Gasteiger partial charge in [-0.2, -0.15) is 5.10 Å². The number of rotatable bonds is 5. The van der Waals surface area contributed by atoms with E-state index in [9.17, 15) is 14.4 Å². The molecule has 0 bridgehead atoms. The Morgan fingerprint density at radius 2 is 1.70 bits per heavy atom. The van der Waals surface area contributed by atoms with Crippen molar-refractivity contribution in [3.05, 3.63) is 87.7 Å². The van der Waals surface area contributed by atoms with Crippen LogP contribution < -0.4 is 5.32 Å². The van der Waals surface area contributed by atoms with Crippen molar-refractivity contribution >= 4 is 17.7 Å². The number of benzene rings is 2. The third-order valence-electron chi connectivity index (χ3n) is 5.48. The maximum Gasteiger partial charge on any atom is 0.261 e. The number of fused-ring (bicyclic) bond motifs is 1. The number of carbonyl (C=O) groups is 3. The highest BCUT2D eigenvalue weighted by Crippen LogP contribution is 2.23. The number of imide groups is 1. The molecule has 7 nitrogen and oxygen atoms in total. The third-order valence-corrected chi connectivity index (χ3v) is 5.48. The second kappa shape index (κ2) is 7.59. The summed E-state index contributed by atoms with van der Waals surface area (Å²) < 4.78 is 1.93. The molecule has 1 aliphatic rings. The maximum atomic E-state index is 12.7. The monoisotopic (exact) mass is 402 g/mol. The first-order valence-electron chi connectivity index (χ1n) is 9.68. The van der Waals surface area contributed by atoms with E-state index in [2.05, 4.69) is 22.5 Å². The van der Waals surface area contributed by atoms with Crippen LogP contribution in [0.1, 0.15) is 53.6 Å². The zero-order chi connectivity index (χ0) is 21.4. The predicted octanol–water partition coefficient (Wildman–Crippen LogP) is 2.70. The molecule has 0 spiro atoms. The average molecular weight is 402 g/mol. The number of amides is 3. The fourth-order valence-corrected chi connectivity index (χ4v) is 3.67. The van der Waals surface area contributed by atoms with Gasteiger partial charge in [0.1, 0.15) is 0 Å². The summed E-state index contributed by atoms with van der Waals surface area (Å²) in [6.07, 6.45) is 0. The summed E-state index contributed by atoms with van der Waals surface area (Å²) in [6, 6.07) is 14.6. The standard InChI is InChI=1S/C23H22N4O3/c1-14-20(15(2)27(25-14)13-16-7-5-4-6-8-16)12-24-21(28)17-9-10-18-19(11-17)23(30)26(3)22(18)29/h4-11H,12-13H2,1-3H3,(H,24,28). The number of aromatic nitrogens is 2. The molecular weight excluding hydrogens is 380 g/mol. The van der Waals surface area contributed by atoms with Crippen molar-refractivity contribution < 1.29 is 14.4 Å². The molecular formula is C23H22N4O3. The maximum absolute atomic E-state index is 12.7. The Balaban J connectivity index is 1.49. The lowest BCUT2D eigenvalue weighted by molar-refractivity contribution is 0.0693. The van der Waals surface area contributed by atoms with Crippen LogP contribution >= 0.6 is 0 Å². The largest absolute Gasteiger partial charge is 0.348 e. The van der Waals surface area contributed by atoms with Crippen LogP contribution in [-0.2, 0) is 13.1 Å². The van der Waals surface area contributed by atoms with Gasteiger partial charge in [-0.25, -0.2) is 0 Å². The summed E-state index contributed by atoms with van der Waals surface area (Å²) in [5.41, 5.74) is 4.91. The quantitative estimate of drug-likeness (QED) is 0.665. The van der Waals surface area contributed by atoms with E-state index in [1.165, 1.54) is 19.2 Å². The Labute approximate surface area is 174 Å². The van der Waals surface area contributed by atoms with Gasteiger partial charge in [0.15, 0.2) is 0 Å². The molecule has 2 aromatic carbocycles. The zero-order valence-electron chi connectivity index (χ0n) is 17.1. The van der Waals surface area contributed by atoms with Crippen molar-refractivity contribution in [3.63, 3.8) is 0 Å². The first-order valence-corrected chi connectivity index (χ1v) is 9.68. The van der Waals surface area contributed by atoms with Gasteiger partial charge in [-0.1, -0.05) is 30.3 Å². The topological polar surface area (TPSA) is 84.3 Å². The van der Waals surface area contributed by atoms with E-state index in [-0.39, 0.29) is 17.4 Å². The van der Waals surface area contributed by atoms with Crippen molar-refractivity contribution in [1.82, 2.24) is 20.0 Å². The molecule has 0 fully saturated rings. The molecule has 1 aromatic heterocycles. The molecule has 0 atom stereocenters. The van der Waals surface area contributed by atoms with Gasteiger partial charge in [0, 0.05) is 30.4 Å². The molecule has 30 heavy (non-hydrogen) atoms. The highest BCUT2D eigenvalue weighted by atomic mass is 16.2. The van der Waals surface area contributed by atoms with Gasteiger partial charge in [0.2, 0.25) is 0 Å². The van der Waals surface area contributed by atoms with Gasteiger partial charge >= 0.3 is 0 Å². The minimum absolute atomic E-state index is 0.262. The molecule has 0 saturated carbocycles. The second-order valence-corrected chi connectivity index (χ2v) is 7.40. The minimum Gasteiger partial charge on any atom is -0.348 e. The van der Waals surface area contributed by atoms with E-state index < -0.39 is 5.91 Å². The molecule has 4 rings (SSSR count). The molecule has 7 heteroatoms. The van der Waals surface area contributed by atoms with E-state index in [0.717, 1.165) is 27.4 Å². The second-order valence-electron chi connectivity index (χ2n) is 7.40. The molecule has 2 heterocycles. The van der Waals surface area contributed by atoms with Crippen molar-refractivity contribution in [1.29, 1.82) is 0 Å². The number of nitrogens with zero attached hydrogens (tertiary/aromatic N) is 3. The fourth-order valence-electron chi connectivity index (χ4n) is 3.67. The number of hydrogen-bond acceptors (Lipinski definition) is 4. The minimum atomic E-state index is -0.390. The van der Waals surface area contributed by atoms with Crippen LogP contribution in [0.4, 0.5) is 0 Å². The van der Waals surface area contributed by atoms with Crippen molar-refractivity contribution in [3.8, 4) is 0 Å². The van der Waals surface area contributed by atoms with Crippen LogP contribution in [0.3, 0.4) is 0 Å². The van der Waals surface area contributed by atoms with Gasteiger partial charge in [0.25, 0.3) is 17.7 Å². The summed E-state index contributed by atoms with van der Waals surface area (Å²) >= 11 is 0. The summed E-state index contributed by atoms with van der Waals surface area (Å²) in [5, 5.41) is 7.51. The van der Waals surface area contributed by atoms with Crippen molar-refractivity contribution in [2.75, 3.05) is 7.05 Å². The van der Waals surface area contributed by atoms with Gasteiger partial charge < -0.3 is 5.32 Å². The van der Waals surface area contributed by atoms with Crippen LogP contribution in [0.2, 0.25) is 0 Å². The van der Waals surface area contributed by atoms with Crippen molar-refractivity contribution in [2.45, 2.75) is 26.9 Å². The number of nitrogens with one attached hydrogen (secondary N) is 1. The van der Waals surface area contributed by atoms with Gasteiger partial charge in [-0.15, -0.1) is 0 Å². The molecule has 152 valence electrons. The normalized spacial score (nSPS) is 13.0. The molecule has 3 amide bonds. The highest BCUT2D eigenvalue weighted by Gasteiger charge is 2.33. The Morgan fingerprint density at radius 1 is 1.00 bits per heavy atom. The first kappa shape index (κ1) is 19.6. The Bertz CT molecular complexity index is 1160. The number of hydrogen-bond donors (Lipinski definition) is 1. The van der Waals surface area contributed by atoms with Crippen molar-refractivity contribution in [2.24, 2.45) is 0 Å². The SMILES string of the molecule is Cc1nn(Cc2ccccc2)c(C)c1CNC(=O)c1ccc2c(c1)C(=O)N(C)C2=O. The molecule has 1 aliphatic heterocycles. The van der Waals surface area contributed by atoms with Crippen LogP contribution in [0.15, 0.2) is 48.5 Å². The predicted molar refractivity (Wildman–Crippen MR) is 111 cm³/mol. The number of carbonyl (C=O) groups excluding carboxylic acids is 3. The fraction of sp³-hybridized carbons (Fsp3) is 0.217. The third kappa shape index (κ3) is 3.39. The smallest absolute Gasteiger partial charge is 0.261 e. The molecule has 0 unspecified atom stereocenters. The Morgan fingerprint density at radius 3 is 2.43 bits per heavy atom.